The molecule has 0 spiro atoms. The molecule has 1 N–H and O–H groups in total. The standard InChI is InChI=1S/C12H10N2O2/c1-8-7-13-11(14-10(8)12(15)16)9-5-3-2-4-6-9/h2-7H,1H3,(H,15,16). The summed E-state index contributed by atoms with van der Waals surface area (Å²) < 4.78 is 0. The summed E-state index contributed by atoms with van der Waals surface area (Å²) in [5.74, 6) is -0.597. The van der Waals surface area contributed by atoms with Crippen LogP contribution in [0.3, 0.4) is 0 Å². The summed E-state index contributed by atoms with van der Waals surface area (Å²) >= 11 is 0. The Bertz CT molecular complexity index is 524. The molecule has 0 radical (unpaired) electrons. The van der Waals surface area contributed by atoms with Crippen molar-refractivity contribution in [1.29, 1.82) is 0 Å². The average Bonchev–Trinajstić information content (AvgIpc) is 2.30. The van der Waals surface area contributed by atoms with Crippen molar-refractivity contribution in [2.45, 2.75) is 6.92 Å². The lowest BCUT2D eigenvalue weighted by Crippen LogP contribution is -2.05. The molecule has 1 aromatic carbocycles. The van der Waals surface area contributed by atoms with Crippen molar-refractivity contribution in [3.05, 3.63) is 47.8 Å². The van der Waals surface area contributed by atoms with Crippen LogP contribution in [-0.2, 0) is 0 Å². The van der Waals surface area contributed by atoms with E-state index in [4.69, 9.17) is 5.11 Å². The van der Waals surface area contributed by atoms with Gasteiger partial charge in [0, 0.05) is 17.3 Å². The van der Waals surface area contributed by atoms with Gasteiger partial charge in [0.1, 0.15) is 0 Å². The lowest BCUT2D eigenvalue weighted by molar-refractivity contribution is 0.0689. The van der Waals surface area contributed by atoms with Crippen molar-refractivity contribution in [3.8, 4) is 11.4 Å². The normalized spacial score (nSPS) is 10.1. The van der Waals surface area contributed by atoms with Gasteiger partial charge in [-0.05, 0) is 6.92 Å². The van der Waals surface area contributed by atoms with Crippen LogP contribution in [-0.4, -0.2) is 21.0 Å². The van der Waals surface area contributed by atoms with E-state index in [9.17, 15) is 4.79 Å². The van der Waals surface area contributed by atoms with Crippen LogP contribution < -0.4 is 0 Å². The van der Waals surface area contributed by atoms with Crippen molar-refractivity contribution >= 4 is 5.97 Å². The second kappa shape index (κ2) is 4.10. The SMILES string of the molecule is Cc1cnc(-c2ccccc2)nc1C(=O)O. The Balaban J connectivity index is 2.52. The third-order valence-corrected chi connectivity index (χ3v) is 2.21. The maximum Gasteiger partial charge on any atom is 0.354 e. The number of aromatic nitrogens is 2. The summed E-state index contributed by atoms with van der Waals surface area (Å²) in [7, 11) is 0. The monoisotopic (exact) mass is 214 g/mol. The highest BCUT2D eigenvalue weighted by molar-refractivity contribution is 5.87. The second-order valence-electron chi connectivity index (χ2n) is 3.40. The first-order valence-corrected chi connectivity index (χ1v) is 4.81. The van der Waals surface area contributed by atoms with E-state index in [2.05, 4.69) is 9.97 Å². The molecule has 4 heteroatoms. The molecule has 80 valence electrons. The zero-order valence-electron chi connectivity index (χ0n) is 8.71. The van der Waals surface area contributed by atoms with Crippen LogP contribution in [0, 0.1) is 6.92 Å². The third kappa shape index (κ3) is 1.91. The van der Waals surface area contributed by atoms with Crippen LogP contribution in [0.4, 0.5) is 0 Å². The molecular formula is C12H10N2O2. The van der Waals surface area contributed by atoms with E-state index in [0.29, 0.717) is 11.4 Å². The Morgan fingerprint density at radius 1 is 1.25 bits per heavy atom. The highest BCUT2D eigenvalue weighted by atomic mass is 16.4. The van der Waals surface area contributed by atoms with E-state index < -0.39 is 5.97 Å². The minimum Gasteiger partial charge on any atom is -0.477 e. The largest absolute Gasteiger partial charge is 0.477 e. The van der Waals surface area contributed by atoms with E-state index in [-0.39, 0.29) is 5.69 Å². The molecule has 0 aliphatic carbocycles. The van der Waals surface area contributed by atoms with E-state index >= 15 is 0 Å². The quantitative estimate of drug-likeness (QED) is 0.831. The molecule has 16 heavy (non-hydrogen) atoms. The van der Waals surface area contributed by atoms with Gasteiger partial charge in [-0.3, -0.25) is 0 Å². The summed E-state index contributed by atoms with van der Waals surface area (Å²) in [5, 5.41) is 8.95. The first-order chi connectivity index (χ1) is 7.68. The molecular weight excluding hydrogens is 204 g/mol. The van der Waals surface area contributed by atoms with Crippen LogP contribution >= 0.6 is 0 Å². The number of aryl methyl sites for hydroxylation is 1. The van der Waals surface area contributed by atoms with Crippen molar-refractivity contribution in [1.82, 2.24) is 9.97 Å². The van der Waals surface area contributed by atoms with Gasteiger partial charge in [-0.25, -0.2) is 14.8 Å². The summed E-state index contributed by atoms with van der Waals surface area (Å²) in [5.41, 5.74) is 1.42. The minimum absolute atomic E-state index is 0.0499. The van der Waals surface area contributed by atoms with Gasteiger partial charge in [-0.15, -0.1) is 0 Å². The number of carboxylic acids is 1. The van der Waals surface area contributed by atoms with Crippen molar-refractivity contribution < 1.29 is 9.90 Å². The second-order valence-corrected chi connectivity index (χ2v) is 3.40. The zero-order chi connectivity index (χ0) is 11.5. The van der Waals surface area contributed by atoms with E-state index in [1.165, 1.54) is 6.20 Å². The molecule has 0 saturated carbocycles. The Hall–Kier alpha value is -2.23. The third-order valence-electron chi connectivity index (χ3n) is 2.21. The molecule has 0 amide bonds. The minimum atomic E-state index is -1.03. The zero-order valence-corrected chi connectivity index (χ0v) is 8.71. The molecule has 4 nitrogen and oxygen atoms in total. The lowest BCUT2D eigenvalue weighted by Gasteiger charge is -2.03. The van der Waals surface area contributed by atoms with Crippen LogP contribution in [0.15, 0.2) is 36.5 Å². The maximum atomic E-state index is 10.9. The van der Waals surface area contributed by atoms with Crippen LogP contribution in [0.25, 0.3) is 11.4 Å². The van der Waals surface area contributed by atoms with Crippen molar-refractivity contribution in [3.63, 3.8) is 0 Å². The first-order valence-electron chi connectivity index (χ1n) is 4.81. The fourth-order valence-corrected chi connectivity index (χ4v) is 1.38. The number of rotatable bonds is 2. The van der Waals surface area contributed by atoms with Gasteiger partial charge in [0.15, 0.2) is 11.5 Å². The fourth-order valence-electron chi connectivity index (χ4n) is 1.38. The molecule has 2 aromatic rings. The summed E-state index contributed by atoms with van der Waals surface area (Å²) in [6.07, 6.45) is 1.53. The maximum absolute atomic E-state index is 10.9. The number of hydrogen-bond acceptors (Lipinski definition) is 3. The van der Waals surface area contributed by atoms with Gasteiger partial charge >= 0.3 is 5.97 Å². The Morgan fingerprint density at radius 2 is 1.94 bits per heavy atom. The fraction of sp³-hybridized carbons (Fsp3) is 0.0833. The molecule has 0 atom stereocenters. The Kier molecular flexibility index (Phi) is 2.64. The predicted octanol–water partition coefficient (Wildman–Crippen LogP) is 2.15. The molecule has 1 aromatic heterocycles. The van der Waals surface area contributed by atoms with E-state index in [0.717, 1.165) is 5.56 Å². The van der Waals surface area contributed by atoms with Gasteiger partial charge in [0.25, 0.3) is 0 Å². The Labute approximate surface area is 92.6 Å². The van der Waals surface area contributed by atoms with Crippen molar-refractivity contribution in [2.75, 3.05) is 0 Å². The first kappa shape index (κ1) is 10.3. The molecule has 0 unspecified atom stereocenters. The Morgan fingerprint density at radius 3 is 2.56 bits per heavy atom. The number of carbonyl (C=O) groups is 1. The number of benzene rings is 1. The van der Waals surface area contributed by atoms with Crippen LogP contribution in [0.1, 0.15) is 16.1 Å². The van der Waals surface area contributed by atoms with E-state index in [1.807, 2.05) is 30.3 Å². The highest BCUT2D eigenvalue weighted by Gasteiger charge is 2.11. The van der Waals surface area contributed by atoms with Gasteiger partial charge in [0.05, 0.1) is 0 Å². The lowest BCUT2D eigenvalue weighted by atomic mass is 10.2. The summed E-state index contributed by atoms with van der Waals surface area (Å²) in [6.45, 7) is 1.68. The predicted molar refractivity (Wildman–Crippen MR) is 59.2 cm³/mol. The smallest absolute Gasteiger partial charge is 0.354 e. The molecule has 0 aliphatic rings. The van der Waals surface area contributed by atoms with Gasteiger partial charge in [0.2, 0.25) is 0 Å². The summed E-state index contributed by atoms with van der Waals surface area (Å²) in [4.78, 5) is 19.1. The van der Waals surface area contributed by atoms with Gasteiger partial charge in [-0.1, -0.05) is 30.3 Å². The number of aromatic carboxylic acids is 1. The van der Waals surface area contributed by atoms with Gasteiger partial charge < -0.3 is 5.11 Å². The highest BCUT2D eigenvalue weighted by Crippen LogP contribution is 2.15. The van der Waals surface area contributed by atoms with E-state index in [1.54, 1.807) is 6.92 Å². The topological polar surface area (TPSA) is 63.1 Å². The molecule has 2 rings (SSSR count). The van der Waals surface area contributed by atoms with Crippen LogP contribution in [0.5, 0.6) is 0 Å². The number of carboxylic acid groups (broad SMARTS) is 1. The number of nitrogens with zero attached hydrogens (tertiary/aromatic N) is 2. The van der Waals surface area contributed by atoms with Crippen LogP contribution in [0.2, 0.25) is 0 Å². The average molecular weight is 214 g/mol. The molecule has 0 aliphatic heterocycles. The molecule has 0 saturated heterocycles. The molecule has 0 bridgehead atoms. The molecule has 0 fully saturated rings. The summed E-state index contributed by atoms with van der Waals surface area (Å²) in [6, 6.07) is 9.29. The molecule has 1 heterocycles. The van der Waals surface area contributed by atoms with Crippen molar-refractivity contribution in [2.24, 2.45) is 0 Å². The number of hydrogen-bond donors (Lipinski definition) is 1. The van der Waals surface area contributed by atoms with Gasteiger partial charge in [-0.2, -0.15) is 0 Å².